The van der Waals surface area contributed by atoms with E-state index in [2.05, 4.69) is 20.4 Å². The molecule has 1 aliphatic heterocycles. The Balaban J connectivity index is 1.32. The molecule has 1 fully saturated rings. The summed E-state index contributed by atoms with van der Waals surface area (Å²) in [6.07, 6.45) is 2.28. The molecule has 0 saturated carbocycles. The molecule has 6 nitrogen and oxygen atoms in total. The van der Waals surface area contributed by atoms with Gasteiger partial charge in [-0.05, 0) is 48.6 Å². The summed E-state index contributed by atoms with van der Waals surface area (Å²) >= 11 is 1.62. The quantitative estimate of drug-likeness (QED) is 0.676. The van der Waals surface area contributed by atoms with Gasteiger partial charge < -0.3 is 15.0 Å². The number of hydrogen-bond donors (Lipinski definition) is 1. The van der Waals surface area contributed by atoms with Gasteiger partial charge in [0.1, 0.15) is 5.75 Å². The lowest BCUT2D eigenvalue weighted by atomic mass is 10.0. The van der Waals surface area contributed by atoms with Gasteiger partial charge in [0.15, 0.2) is 5.82 Å². The second-order valence-electron chi connectivity index (χ2n) is 7.06. The molecule has 1 N–H and O–H groups in total. The number of nitrogens with zero attached hydrogens (tertiary/aromatic N) is 3. The molecule has 1 aromatic carbocycles. The summed E-state index contributed by atoms with van der Waals surface area (Å²) in [5, 5.41) is 14.0. The van der Waals surface area contributed by atoms with E-state index in [0.29, 0.717) is 6.42 Å². The summed E-state index contributed by atoms with van der Waals surface area (Å²) in [6.45, 7) is 1.71. The number of ether oxygens (including phenoxy) is 1. The van der Waals surface area contributed by atoms with Crippen LogP contribution in [0, 0.1) is 0 Å². The first kappa shape index (κ1) is 19.4. The van der Waals surface area contributed by atoms with Crippen LogP contribution in [0.1, 0.15) is 17.7 Å². The van der Waals surface area contributed by atoms with Gasteiger partial charge in [0.2, 0.25) is 5.91 Å². The molecule has 3 heterocycles. The Morgan fingerprint density at radius 3 is 2.66 bits per heavy atom. The smallest absolute Gasteiger partial charge is 0.225 e. The number of rotatable bonds is 6. The van der Waals surface area contributed by atoms with Crippen LogP contribution < -0.4 is 15.0 Å². The highest BCUT2D eigenvalue weighted by Gasteiger charge is 2.22. The van der Waals surface area contributed by atoms with E-state index >= 15 is 0 Å². The number of hydrogen-bond acceptors (Lipinski definition) is 6. The molecule has 0 aliphatic carbocycles. The second-order valence-corrected chi connectivity index (χ2v) is 8.09. The van der Waals surface area contributed by atoms with Gasteiger partial charge in [-0.25, -0.2) is 0 Å². The summed E-state index contributed by atoms with van der Waals surface area (Å²) in [6, 6.07) is 16.0. The summed E-state index contributed by atoms with van der Waals surface area (Å²) in [4.78, 5) is 15.5. The fourth-order valence-electron chi connectivity index (χ4n) is 3.60. The average Bonchev–Trinajstić information content (AvgIpc) is 3.27. The van der Waals surface area contributed by atoms with Gasteiger partial charge in [-0.1, -0.05) is 18.2 Å². The number of anilines is 1. The van der Waals surface area contributed by atoms with Gasteiger partial charge >= 0.3 is 0 Å². The molecule has 2 aromatic heterocycles. The number of piperidine rings is 1. The van der Waals surface area contributed by atoms with Gasteiger partial charge in [0.05, 0.1) is 19.2 Å². The van der Waals surface area contributed by atoms with E-state index < -0.39 is 0 Å². The Hall–Kier alpha value is -2.93. The minimum absolute atomic E-state index is 0.104. The second kappa shape index (κ2) is 9.05. The van der Waals surface area contributed by atoms with Gasteiger partial charge in [-0.2, -0.15) is 0 Å². The molecule has 0 bridgehead atoms. The zero-order chi connectivity index (χ0) is 20.1. The van der Waals surface area contributed by atoms with Crippen molar-refractivity contribution in [3.05, 3.63) is 58.8 Å². The Bertz CT molecular complexity index is 936. The Morgan fingerprint density at radius 1 is 1.14 bits per heavy atom. The zero-order valence-electron chi connectivity index (χ0n) is 16.4. The molecule has 0 unspecified atom stereocenters. The summed E-state index contributed by atoms with van der Waals surface area (Å²) < 4.78 is 5.41. The lowest BCUT2D eigenvalue weighted by molar-refractivity contribution is -0.121. The number of amides is 1. The third-order valence-corrected chi connectivity index (χ3v) is 6.01. The molecule has 29 heavy (non-hydrogen) atoms. The largest absolute Gasteiger partial charge is 0.496 e. The first-order valence-electron chi connectivity index (χ1n) is 9.77. The van der Waals surface area contributed by atoms with Crippen molar-refractivity contribution in [2.75, 3.05) is 25.1 Å². The maximum atomic E-state index is 12.2. The van der Waals surface area contributed by atoms with E-state index in [1.807, 2.05) is 53.9 Å². The number of carbonyl (C=O) groups is 1. The van der Waals surface area contributed by atoms with Crippen molar-refractivity contribution in [3.8, 4) is 17.0 Å². The lowest BCUT2D eigenvalue weighted by Crippen LogP contribution is -2.45. The van der Waals surface area contributed by atoms with Gasteiger partial charge in [-0.3, -0.25) is 4.79 Å². The Morgan fingerprint density at radius 2 is 1.97 bits per heavy atom. The highest BCUT2D eigenvalue weighted by Crippen LogP contribution is 2.28. The Labute approximate surface area is 174 Å². The molecular formula is C22H24N4O2S. The molecule has 0 spiro atoms. The first-order chi connectivity index (χ1) is 14.2. The zero-order valence-corrected chi connectivity index (χ0v) is 17.2. The van der Waals surface area contributed by atoms with Crippen molar-refractivity contribution >= 4 is 23.1 Å². The van der Waals surface area contributed by atoms with Crippen LogP contribution in [0.15, 0.2) is 53.9 Å². The number of para-hydroxylation sites is 1. The predicted octanol–water partition coefficient (Wildman–Crippen LogP) is 3.54. The third kappa shape index (κ3) is 4.74. The third-order valence-electron chi connectivity index (χ3n) is 5.13. The van der Waals surface area contributed by atoms with E-state index in [1.54, 1.807) is 18.4 Å². The molecule has 3 aromatic rings. The number of aromatic nitrogens is 2. The fraction of sp³-hybridized carbons (Fsp3) is 0.318. The van der Waals surface area contributed by atoms with Crippen LogP contribution in [0.25, 0.3) is 11.3 Å². The molecule has 150 valence electrons. The van der Waals surface area contributed by atoms with Gasteiger partial charge in [0, 0.05) is 29.6 Å². The maximum absolute atomic E-state index is 12.2. The van der Waals surface area contributed by atoms with Gasteiger partial charge in [0.25, 0.3) is 0 Å². The van der Waals surface area contributed by atoms with E-state index in [1.165, 1.54) is 0 Å². The van der Waals surface area contributed by atoms with Crippen molar-refractivity contribution in [1.82, 2.24) is 15.5 Å². The van der Waals surface area contributed by atoms with Crippen LogP contribution in [0.5, 0.6) is 5.75 Å². The van der Waals surface area contributed by atoms with Crippen molar-refractivity contribution < 1.29 is 9.53 Å². The molecule has 0 radical (unpaired) electrons. The Kier molecular flexibility index (Phi) is 6.05. The summed E-state index contributed by atoms with van der Waals surface area (Å²) in [5.74, 6) is 1.76. The normalized spacial score (nSPS) is 14.6. The van der Waals surface area contributed by atoms with Crippen molar-refractivity contribution in [3.63, 3.8) is 0 Å². The molecular weight excluding hydrogens is 384 g/mol. The molecule has 1 amide bonds. The van der Waals surface area contributed by atoms with Crippen molar-refractivity contribution in [1.29, 1.82) is 0 Å². The number of thiophene rings is 1. The van der Waals surface area contributed by atoms with E-state index in [-0.39, 0.29) is 11.9 Å². The molecule has 1 aliphatic rings. The van der Waals surface area contributed by atoms with E-state index in [0.717, 1.165) is 53.6 Å². The maximum Gasteiger partial charge on any atom is 0.225 e. The van der Waals surface area contributed by atoms with E-state index in [9.17, 15) is 4.79 Å². The highest BCUT2D eigenvalue weighted by molar-refractivity contribution is 7.10. The van der Waals surface area contributed by atoms with Crippen LogP contribution in [0.4, 0.5) is 5.82 Å². The van der Waals surface area contributed by atoms with Crippen LogP contribution in [0.3, 0.4) is 0 Å². The van der Waals surface area contributed by atoms with E-state index in [4.69, 9.17) is 4.74 Å². The van der Waals surface area contributed by atoms with Crippen LogP contribution in [0.2, 0.25) is 0 Å². The number of nitrogens with one attached hydrogen (secondary N) is 1. The minimum Gasteiger partial charge on any atom is -0.496 e. The molecule has 4 rings (SSSR count). The molecule has 7 heteroatoms. The standard InChI is InChI=1S/C22H24N4O2S/c1-28-20-7-3-2-6-18(20)19-8-9-21(25-24-19)26-12-10-16(11-13-26)23-22(27)15-17-5-4-14-29-17/h2-9,14,16H,10-13,15H2,1H3,(H,23,27). The number of carbonyl (C=O) groups excluding carboxylic acids is 1. The topological polar surface area (TPSA) is 67.3 Å². The minimum atomic E-state index is 0.104. The highest BCUT2D eigenvalue weighted by atomic mass is 32.1. The monoisotopic (exact) mass is 408 g/mol. The van der Waals surface area contributed by atoms with Crippen molar-refractivity contribution in [2.45, 2.75) is 25.3 Å². The van der Waals surface area contributed by atoms with Crippen LogP contribution >= 0.6 is 11.3 Å². The fourth-order valence-corrected chi connectivity index (χ4v) is 4.30. The predicted molar refractivity (Wildman–Crippen MR) is 115 cm³/mol. The number of benzene rings is 1. The average molecular weight is 409 g/mol. The van der Waals surface area contributed by atoms with Crippen LogP contribution in [-0.2, 0) is 11.2 Å². The first-order valence-corrected chi connectivity index (χ1v) is 10.6. The molecule has 1 saturated heterocycles. The molecule has 0 atom stereocenters. The van der Waals surface area contributed by atoms with Crippen molar-refractivity contribution in [2.24, 2.45) is 0 Å². The lowest BCUT2D eigenvalue weighted by Gasteiger charge is -2.32. The van der Waals surface area contributed by atoms with Crippen LogP contribution in [-0.4, -0.2) is 42.3 Å². The summed E-state index contributed by atoms with van der Waals surface area (Å²) in [7, 11) is 1.66. The summed E-state index contributed by atoms with van der Waals surface area (Å²) in [5.41, 5.74) is 1.73. The number of methoxy groups -OCH3 is 1. The SMILES string of the molecule is COc1ccccc1-c1ccc(N2CCC(NC(=O)Cc3cccs3)CC2)nn1. The van der Waals surface area contributed by atoms with Gasteiger partial charge in [-0.15, -0.1) is 21.5 Å².